The maximum atomic E-state index is 8.72. The van der Waals surface area contributed by atoms with Gasteiger partial charge in [0.15, 0.2) is 0 Å². The van der Waals surface area contributed by atoms with Crippen molar-refractivity contribution in [3.8, 4) is 6.07 Å². The molecule has 2 aromatic rings. The molecule has 0 atom stereocenters. The van der Waals surface area contributed by atoms with Crippen molar-refractivity contribution in [3.63, 3.8) is 0 Å². The summed E-state index contributed by atoms with van der Waals surface area (Å²) >= 11 is 1.31. The van der Waals surface area contributed by atoms with E-state index in [-0.39, 0.29) is 0 Å². The number of anilines is 1. The maximum absolute atomic E-state index is 8.72. The Morgan fingerprint density at radius 2 is 2.25 bits per heavy atom. The molecule has 0 bridgehead atoms. The fourth-order valence-electron chi connectivity index (χ4n) is 1.13. The first kappa shape index (κ1) is 10.5. The molecule has 80 valence electrons. The van der Waals surface area contributed by atoms with Crippen molar-refractivity contribution in [1.82, 2.24) is 10.2 Å². The first-order valence-corrected chi connectivity index (χ1v) is 5.28. The van der Waals surface area contributed by atoms with Crippen LogP contribution < -0.4 is 5.73 Å². The molecular formula is C10H8N4OS. The van der Waals surface area contributed by atoms with Gasteiger partial charge in [-0.3, -0.25) is 0 Å². The summed E-state index contributed by atoms with van der Waals surface area (Å²) in [6, 6.07) is 7.17. The lowest BCUT2D eigenvalue weighted by molar-refractivity contribution is 0.429. The van der Waals surface area contributed by atoms with Crippen LogP contribution in [0.2, 0.25) is 0 Å². The lowest BCUT2D eigenvalue weighted by Crippen LogP contribution is -1.89. The van der Waals surface area contributed by atoms with Crippen LogP contribution in [0.15, 0.2) is 32.7 Å². The van der Waals surface area contributed by atoms with E-state index in [4.69, 9.17) is 15.4 Å². The third kappa shape index (κ3) is 2.15. The molecule has 2 N–H and O–H groups in total. The van der Waals surface area contributed by atoms with Crippen molar-refractivity contribution in [2.45, 2.75) is 17.0 Å². The predicted molar refractivity (Wildman–Crippen MR) is 58.7 cm³/mol. The second kappa shape index (κ2) is 4.24. The Hall–Kier alpha value is -2.00. The minimum Gasteiger partial charge on any atom is -0.416 e. The Morgan fingerprint density at radius 1 is 1.44 bits per heavy atom. The van der Waals surface area contributed by atoms with Gasteiger partial charge >= 0.3 is 0 Å². The van der Waals surface area contributed by atoms with E-state index in [9.17, 15) is 0 Å². The predicted octanol–water partition coefficient (Wildman–Crippen LogP) is 1.98. The van der Waals surface area contributed by atoms with Crippen LogP contribution in [-0.4, -0.2) is 10.2 Å². The van der Waals surface area contributed by atoms with Crippen molar-refractivity contribution in [2.75, 3.05) is 5.73 Å². The molecule has 1 aromatic heterocycles. The molecule has 0 saturated carbocycles. The number of hydrogen-bond acceptors (Lipinski definition) is 6. The molecule has 0 aliphatic carbocycles. The second-order valence-corrected chi connectivity index (χ2v) is 4.07. The SMILES string of the molecule is Cc1nnc(Sc2ccc(C#N)c(N)c2)o1. The molecule has 0 amide bonds. The van der Waals surface area contributed by atoms with Gasteiger partial charge in [-0.25, -0.2) is 0 Å². The van der Waals surface area contributed by atoms with Gasteiger partial charge in [-0.05, 0) is 30.0 Å². The van der Waals surface area contributed by atoms with E-state index in [1.54, 1.807) is 25.1 Å². The molecule has 0 unspecified atom stereocenters. The molecular weight excluding hydrogens is 224 g/mol. The van der Waals surface area contributed by atoms with E-state index < -0.39 is 0 Å². The van der Waals surface area contributed by atoms with Crippen LogP contribution in [0, 0.1) is 18.3 Å². The quantitative estimate of drug-likeness (QED) is 0.796. The number of nitrogens with two attached hydrogens (primary N) is 1. The van der Waals surface area contributed by atoms with Crippen molar-refractivity contribution < 1.29 is 4.42 Å². The molecule has 0 spiro atoms. The number of aryl methyl sites for hydroxylation is 1. The molecule has 5 nitrogen and oxygen atoms in total. The number of nitrogens with zero attached hydrogens (tertiary/aromatic N) is 3. The van der Waals surface area contributed by atoms with Crippen molar-refractivity contribution in [1.29, 1.82) is 5.26 Å². The van der Waals surface area contributed by atoms with Crippen LogP contribution in [-0.2, 0) is 0 Å². The van der Waals surface area contributed by atoms with Crippen molar-refractivity contribution >= 4 is 17.4 Å². The first-order valence-electron chi connectivity index (χ1n) is 4.46. The Bertz CT molecular complexity index is 558. The Kier molecular flexibility index (Phi) is 2.79. The number of nitriles is 1. The van der Waals surface area contributed by atoms with Gasteiger partial charge < -0.3 is 10.2 Å². The molecule has 1 heterocycles. The van der Waals surface area contributed by atoms with Crippen LogP contribution in [0.3, 0.4) is 0 Å². The molecule has 0 aliphatic rings. The fourth-order valence-corrected chi connectivity index (χ4v) is 1.89. The molecule has 0 saturated heterocycles. The average molecular weight is 232 g/mol. The lowest BCUT2D eigenvalue weighted by Gasteiger charge is -2.00. The van der Waals surface area contributed by atoms with E-state index in [1.165, 1.54) is 11.8 Å². The number of aromatic nitrogens is 2. The summed E-state index contributed by atoms with van der Waals surface area (Å²) < 4.78 is 5.22. The van der Waals surface area contributed by atoms with Crippen LogP contribution in [0.5, 0.6) is 0 Å². The highest BCUT2D eigenvalue weighted by Gasteiger charge is 2.06. The summed E-state index contributed by atoms with van der Waals surface area (Å²) in [6.45, 7) is 1.73. The van der Waals surface area contributed by atoms with Crippen molar-refractivity contribution in [3.05, 3.63) is 29.7 Å². The summed E-state index contributed by atoms with van der Waals surface area (Å²) in [5.74, 6) is 0.518. The molecule has 16 heavy (non-hydrogen) atoms. The first-order chi connectivity index (χ1) is 7.69. The van der Waals surface area contributed by atoms with E-state index in [2.05, 4.69) is 10.2 Å². The summed E-state index contributed by atoms with van der Waals surface area (Å²) in [5.41, 5.74) is 6.60. The lowest BCUT2D eigenvalue weighted by atomic mass is 10.2. The molecule has 0 radical (unpaired) electrons. The third-order valence-electron chi connectivity index (χ3n) is 1.86. The summed E-state index contributed by atoms with van der Waals surface area (Å²) in [6.07, 6.45) is 0. The fraction of sp³-hybridized carbons (Fsp3) is 0.100. The normalized spacial score (nSPS) is 10.0. The molecule has 6 heteroatoms. The van der Waals surface area contributed by atoms with E-state index in [1.807, 2.05) is 6.07 Å². The van der Waals surface area contributed by atoms with Gasteiger partial charge in [-0.1, -0.05) is 0 Å². The van der Waals surface area contributed by atoms with Crippen LogP contribution in [0.1, 0.15) is 11.5 Å². The van der Waals surface area contributed by atoms with Gasteiger partial charge in [0.25, 0.3) is 5.22 Å². The number of rotatable bonds is 2. The van der Waals surface area contributed by atoms with E-state index >= 15 is 0 Å². The number of benzene rings is 1. The topological polar surface area (TPSA) is 88.7 Å². The van der Waals surface area contributed by atoms with Crippen LogP contribution >= 0.6 is 11.8 Å². The largest absolute Gasteiger partial charge is 0.416 e. The highest BCUT2D eigenvalue weighted by Crippen LogP contribution is 2.28. The standard InChI is InChI=1S/C10H8N4OS/c1-6-13-14-10(15-6)16-8-3-2-7(5-11)9(12)4-8/h2-4H,12H2,1H3. The van der Waals surface area contributed by atoms with Gasteiger partial charge in [-0.15, -0.1) is 10.2 Å². The zero-order chi connectivity index (χ0) is 11.5. The Balaban J connectivity index is 2.23. The highest BCUT2D eigenvalue weighted by atomic mass is 32.2. The molecule has 0 fully saturated rings. The number of nitrogen functional groups attached to an aromatic ring is 1. The molecule has 2 rings (SSSR count). The summed E-state index contributed by atoms with van der Waals surface area (Å²) in [4.78, 5) is 0.861. The monoisotopic (exact) mass is 232 g/mol. The zero-order valence-electron chi connectivity index (χ0n) is 8.47. The number of hydrogen-bond donors (Lipinski definition) is 1. The maximum Gasteiger partial charge on any atom is 0.281 e. The minimum absolute atomic E-state index is 0.448. The summed E-state index contributed by atoms with van der Waals surface area (Å²) in [5, 5.41) is 16.8. The third-order valence-corrected chi connectivity index (χ3v) is 2.69. The van der Waals surface area contributed by atoms with Crippen LogP contribution in [0.4, 0.5) is 5.69 Å². The van der Waals surface area contributed by atoms with Crippen molar-refractivity contribution in [2.24, 2.45) is 0 Å². The minimum atomic E-state index is 0.448. The van der Waals surface area contributed by atoms with E-state index in [0.717, 1.165) is 4.90 Å². The second-order valence-electron chi connectivity index (χ2n) is 3.05. The van der Waals surface area contributed by atoms with Crippen LogP contribution in [0.25, 0.3) is 0 Å². The molecule has 1 aromatic carbocycles. The average Bonchev–Trinajstić information content (AvgIpc) is 2.64. The van der Waals surface area contributed by atoms with Gasteiger partial charge in [0.05, 0.1) is 11.3 Å². The Morgan fingerprint density at radius 3 is 2.81 bits per heavy atom. The van der Waals surface area contributed by atoms with Gasteiger partial charge in [-0.2, -0.15) is 5.26 Å². The van der Waals surface area contributed by atoms with Gasteiger partial charge in [0.2, 0.25) is 5.89 Å². The smallest absolute Gasteiger partial charge is 0.281 e. The van der Waals surface area contributed by atoms with Gasteiger partial charge in [0.1, 0.15) is 6.07 Å². The zero-order valence-corrected chi connectivity index (χ0v) is 9.28. The molecule has 0 aliphatic heterocycles. The Labute approximate surface area is 96.3 Å². The highest BCUT2D eigenvalue weighted by molar-refractivity contribution is 7.99. The van der Waals surface area contributed by atoms with Gasteiger partial charge in [0, 0.05) is 11.8 Å². The summed E-state index contributed by atoms with van der Waals surface area (Å²) in [7, 11) is 0. The van der Waals surface area contributed by atoms with E-state index in [0.29, 0.717) is 22.4 Å².